The fourth-order valence-corrected chi connectivity index (χ4v) is 4.30. The summed E-state index contributed by atoms with van der Waals surface area (Å²) in [7, 11) is 0. The highest BCUT2D eigenvalue weighted by molar-refractivity contribution is 5.92. The fraction of sp³-hybridized carbons (Fsp3) is 0.367. The number of ketones is 1. The van der Waals surface area contributed by atoms with Crippen molar-refractivity contribution in [1.29, 1.82) is 0 Å². The lowest BCUT2D eigenvalue weighted by molar-refractivity contribution is -0.434. The number of hydrogen-bond acceptors (Lipinski definition) is 7. The van der Waals surface area contributed by atoms with E-state index in [4.69, 9.17) is 14.4 Å². The first-order valence-corrected chi connectivity index (χ1v) is 13.6. The van der Waals surface area contributed by atoms with E-state index in [2.05, 4.69) is 32.9 Å². The molecule has 1 aliphatic rings. The van der Waals surface area contributed by atoms with E-state index in [0.29, 0.717) is 29.9 Å². The summed E-state index contributed by atoms with van der Waals surface area (Å²) >= 11 is 0. The predicted molar refractivity (Wildman–Crippen MR) is 148 cm³/mol. The normalized spacial score (nSPS) is 13.5. The van der Waals surface area contributed by atoms with Gasteiger partial charge in [0.2, 0.25) is 11.7 Å². The lowest BCUT2D eigenvalue weighted by Gasteiger charge is -2.17. The summed E-state index contributed by atoms with van der Waals surface area (Å²) in [6.45, 7) is 3.91. The number of carboxylic acid groups (broad SMARTS) is 1. The van der Waals surface area contributed by atoms with Gasteiger partial charge >= 0.3 is 6.18 Å². The summed E-state index contributed by atoms with van der Waals surface area (Å²) in [5, 5.41) is 19.0. The van der Waals surface area contributed by atoms with Crippen molar-refractivity contribution in [2.75, 3.05) is 0 Å². The monoisotopic (exact) mass is 586 g/mol. The number of carbonyl (C=O) groups is 3. The van der Waals surface area contributed by atoms with E-state index in [1.54, 1.807) is 0 Å². The quantitative estimate of drug-likeness (QED) is 0.312. The molecule has 9 nitrogen and oxygen atoms in total. The molecule has 0 saturated carbocycles. The highest BCUT2D eigenvalue weighted by Crippen LogP contribution is 2.20. The molecule has 3 aromatic rings. The van der Waals surface area contributed by atoms with Gasteiger partial charge in [0.1, 0.15) is 23.5 Å². The minimum absolute atomic E-state index is 0.114. The van der Waals surface area contributed by atoms with Crippen LogP contribution in [0.2, 0.25) is 0 Å². The largest absolute Gasteiger partial charge is 0.542 e. The third kappa shape index (κ3) is 9.65. The van der Waals surface area contributed by atoms with Crippen molar-refractivity contribution in [2.45, 2.75) is 71.0 Å². The van der Waals surface area contributed by atoms with E-state index in [1.807, 2.05) is 56.4 Å². The number of aryl methyl sites for hydroxylation is 1. The average molecular weight is 587 g/mol. The molecule has 0 unspecified atom stereocenters. The number of unbranched alkanes of at least 4 members (excludes halogenated alkanes) is 2. The van der Waals surface area contributed by atoms with Crippen LogP contribution in [0.25, 0.3) is 16.7 Å². The van der Waals surface area contributed by atoms with Crippen LogP contribution in [0, 0.1) is 6.92 Å². The van der Waals surface area contributed by atoms with Gasteiger partial charge in [0.25, 0.3) is 0 Å². The zero-order chi connectivity index (χ0) is 30.7. The first-order valence-electron chi connectivity index (χ1n) is 13.6. The van der Waals surface area contributed by atoms with Crippen LogP contribution in [0.3, 0.4) is 0 Å². The zero-order valence-corrected chi connectivity index (χ0v) is 23.4. The first-order chi connectivity index (χ1) is 20.0. The second-order valence-electron chi connectivity index (χ2n) is 9.85. The Balaban J connectivity index is 0.000000616. The van der Waals surface area contributed by atoms with Gasteiger partial charge in [-0.25, -0.2) is 4.99 Å². The van der Waals surface area contributed by atoms with Gasteiger partial charge in [0.05, 0.1) is 12.6 Å². The molecule has 42 heavy (non-hydrogen) atoms. The Labute approximate surface area is 240 Å². The molecule has 0 fully saturated rings. The topological polar surface area (TPSA) is 141 Å². The number of quaternary nitrogens is 1. The van der Waals surface area contributed by atoms with Gasteiger partial charge in [-0.05, 0) is 44.0 Å². The molecule has 1 amide bonds. The molecule has 1 aromatic heterocycles. The Hall–Kier alpha value is -4.32. The van der Waals surface area contributed by atoms with Crippen LogP contribution < -0.4 is 15.7 Å². The highest BCUT2D eigenvalue weighted by atomic mass is 19.4. The van der Waals surface area contributed by atoms with Gasteiger partial charge in [0, 0.05) is 23.8 Å². The van der Waals surface area contributed by atoms with Crippen molar-refractivity contribution >= 4 is 40.2 Å². The van der Waals surface area contributed by atoms with Crippen molar-refractivity contribution in [3.8, 4) is 0 Å². The molecule has 2 aromatic carbocycles. The number of fused-ring (bicyclic) bond motifs is 1. The summed E-state index contributed by atoms with van der Waals surface area (Å²) in [5.41, 5.74) is 4.54. The molecule has 1 atom stereocenters. The van der Waals surface area contributed by atoms with Gasteiger partial charge in [0.15, 0.2) is 11.3 Å². The number of aliphatic carboxylic acids is 1. The number of alkyl halides is 3. The molecule has 1 aliphatic heterocycles. The summed E-state index contributed by atoms with van der Waals surface area (Å²) < 4.78 is 36.9. The van der Waals surface area contributed by atoms with E-state index in [1.165, 1.54) is 0 Å². The Bertz CT molecular complexity index is 1450. The number of carbonyl (C=O) groups excluding carboxylic acids is 3. The number of rotatable bonds is 12. The zero-order valence-electron chi connectivity index (χ0n) is 23.4. The molecule has 224 valence electrons. The molecule has 0 radical (unpaired) electrons. The third-order valence-electron chi connectivity index (χ3n) is 6.56. The predicted octanol–water partition coefficient (Wildman–Crippen LogP) is 3.37. The molecule has 0 bridgehead atoms. The number of nitrogens with two attached hydrogens (primary N) is 1. The smallest absolute Gasteiger partial charge is 0.430 e. The van der Waals surface area contributed by atoms with Crippen LogP contribution in [0.15, 0.2) is 64.2 Å². The minimum Gasteiger partial charge on any atom is -0.542 e. The average Bonchev–Trinajstić information content (AvgIpc) is 3.60. The molecular formula is C30H33F3N4O5. The number of aromatic nitrogens is 1. The lowest BCUT2D eigenvalue weighted by atomic mass is 10.0. The van der Waals surface area contributed by atoms with E-state index in [-0.39, 0.29) is 18.4 Å². The van der Waals surface area contributed by atoms with Gasteiger partial charge < -0.3 is 19.7 Å². The van der Waals surface area contributed by atoms with Gasteiger partial charge in [-0.3, -0.25) is 14.9 Å². The molecule has 12 heteroatoms. The van der Waals surface area contributed by atoms with E-state index < -0.39 is 12.1 Å². The standard InChI is InChI=1S/C28H32N4O3.C2HF3O2/c1-3-21(33)12-8-5-9-13-23(28-29-18-25(31-28)20-10-6-4-7-11-20)30-27(34)17-24-22-16-19(2)14-15-26(22)35-32-24;3-2(4,5)1(6)7/h4,6-7,10-11,14-16,18,23H,3,5,8-9,12-13,17H2,1-2H3,(H,29,31)(H,30,34);(H,6,7)/t23-;/m0./s1. The van der Waals surface area contributed by atoms with Crippen molar-refractivity contribution in [3.05, 3.63) is 71.6 Å². The maximum absolute atomic E-state index is 13.1. The number of benzene rings is 2. The Morgan fingerprint density at radius 2 is 1.79 bits per heavy atom. The Morgan fingerprint density at radius 3 is 2.45 bits per heavy atom. The lowest BCUT2D eigenvalue weighted by Crippen LogP contribution is -2.87. The van der Waals surface area contributed by atoms with Gasteiger partial charge in [-0.1, -0.05) is 54.8 Å². The minimum atomic E-state index is -5.19. The Morgan fingerprint density at radius 1 is 1.07 bits per heavy atom. The number of Topliss-reactive ketones (excluding diaryl/α,β-unsaturated/α-hetero) is 1. The Kier molecular flexibility index (Phi) is 11.5. The second-order valence-corrected chi connectivity index (χ2v) is 9.85. The van der Waals surface area contributed by atoms with Gasteiger partial charge in [-0.2, -0.15) is 13.2 Å². The molecule has 2 heterocycles. The van der Waals surface area contributed by atoms with Crippen LogP contribution in [0.5, 0.6) is 0 Å². The van der Waals surface area contributed by atoms with Crippen molar-refractivity contribution < 1.29 is 42.5 Å². The maximum atomic E-state index is 13.1. The molecule has 0 aliphatic carbocycles. The second kappa shape index (κ2) is 15.1. The highest BCUT2D eigenvalue weighted by Gasteiger charge is 2.29. The fourth-order valence-electron chi connectivity index (χ4n) is 4.30. The molecule has 4 rings (SSSR count). The third-order valence-corrected chi connectivity index (χ3v) is 6.56. The van der Waals surface area contributed by atoms with Crippen LogP contribution in [-0.4, -0.2) is 40.9 Å². The summed E-state index contributed by atoms with van der Waals surface area (Å²) in [5.74, 6) is -1.97. The summed E-state index contributed by atoms with van der Waals surface area (Å²) in [6, 6.07) is 15.7. The number of aliphatic imine (C=N–C) groups is 1. The van der Waals surface area contributed by atoms with Crippen LogP contribution in [0.1, 0.15) is 62.3 Å². The number of nitrogens with one attached hydrogen (secondary N) is 1. The number of amidine groups is 1. The van der Waals surface area contributed by atoms with E-state index in [9.17, 15) is 22.8 Å². The maximum Gasteiger partial charge on any atom is 0.430 e. The molecular weight excluding hydrogens is 553 g/mol. The van der Waals surface area contributed by atoms with Crippen molar-refractivity contribution in [1.82, 2.24) is 10.5 Å². The van der Waals surface area contributed by atoms with Crippen LogP contribution in [0.4, 0.5) is 13.2 Å². The molecule has 3 N–H and O–H groups in total. The summed E-state index contributed by atoms with van der Waals surface area (Å²) in [6.07, 6.45) is 1.51. The molecule has 0 saturated heterocycles. The first kappa shape index (κ1) is 32.2. The van der Waals surface area contributed by atoms with Gasteiger partial charge in [-0.15, -0.1) is 0 Å². The van der Waals surface area contributed by atoms with E-state index in [0.717, 1.165) is 53.7 Å². The van der Waals surface area contributed by atoms with Crippen LogP contribution in [-0.2, 0) is 20.8 Å². The number of halogens is 3. The molecule has 0 spiro atoms. The SMILES string of the molecule is CCC(=O)CCCCC[C@H](NC(=O)Cc1noc2ccc(C)cc12)C1=NC=C(c2ccccc2)[NH2+]1.O=C([O-])C(F)(F)F. The van der Waals surface area contributed by atoms with Crippen LogP contribution >= 0.6 is 0 Å². The number of amides is 1. The number of hydrogen-bond donors (Lipinski definition) is 2. The van der Waals surface area contributed by atoms with Crippen molar-refractivity contribution in [3.63, 3.8) is 0 Å². The number of nitrogens with zero attached hydrogens (tertiary/aromatic N) is 2. The summed E-state index contributed by atoms with van der Waals surface area (Å²) in [4.78, 5) is 38.1. The van der Waals surface area contributed by atoms with Crippen molar-refractivity contribution in [2.24, 2.45) is 4.99 Å². The number of carboxylic acids is 1. The van der Waals surface area contributed by atoms with E-state index >= 15 is 0 Å².